The average Bonchev–Trinajstić information content (AvgIpc) is 3.23. The van der Waals surface area contributed by atoms with Crippen LogP contribution in [0.1, 0.15) is 0 Å². The third kappa shape index (κ3) is 2.91. The Kier molecular flexibility index (Phi) is 4.24. The molecule has 4 rings (SSSR count). The van der Waals surface area contributed by atoms with E-state index in [0.717, 1.165) is 53.0 Å². The highest BCUT2D eigenvalue weighted by Crippen LogP contribution is 2.28. The van der Waals surface area contributed by atoms with E-state index in [1.807, 2.05) is 48.3 Å². The zero-order valence-corrected chi connectivity index (χ0v) is 15.7. The van der Waals surface area contributed by atoms with Crippen molar-refractivity contribution in [3.63, 3.8) is 0 Å². The van der Waals surface area contributed by atoms with Crippen LogP contribution in [0, 0.1) is 0 Å². The molecule has 1 aliphatic heterocycles. The number of nitrogens with zero attached hydrogens (tertiary/aromatic N) is 6. The first-order valence-electron chi connectivity index (χ1n) is 7.79. The Morgan fingerprint density at radius 3 is 2.42 bits per heavy atom. The van der Waals surface area contributed by atoms with Crippen molar-refractivity contribution in [3.8, 4) is 11.4 Å². The molecule has 3 aromatic rings. The molecule has 6 nitrogen and oxygen atoms in total. The number of hydrogen-bond donors (Lipinski definition) is 0. The van der Waals surface area contributed by atoms with Crippen molar-refractivity contribution < 1.29 is 0 Å². The lowest BCUT2D eigenvalue weighted by atomic mass is 10.2. The molecular weight excluding hydrogens is 388 g/mol. The number of aromatic nitrogens is 4. The molecule has 0 bridgehead atoms. The number of halogens is 1. The van der Waals surface area contributed by atoms with E-state index in [-0.39, 0.29) is 0 Å². The second kappa shape index (κ2) is 6.52. The first-order chi connectivity index (χ1) is 11.7. The predicted molar refractivity (Wildman–Crippen MR) is 101 cm³/mol. The van der Waals surface area contributed by atoms with Gasteiger partial charge in [0, 0.05) is 50.3 Å². The molecule has 1 saturated heterocycles. The van der Waals surface area contributed by atoms with Crippen LogP contribution in [0.4, 0.5) is 10.9 Å². The van der Waals surface area contributed by atoms with Crippen LogP contribution in [-0.4, -0.2) is 45.3 Å². The van der Waals surface area contributed by atoms with Crippen LogP contribution in [0.3, 0.4) is 0 Å². The molecule has 1 aromatic carbocycles. The van der Waals surface area contributed by atoms with E-state index in [0.29, 0.717) is 0 Å². The highest BCUT2D eigenvalue weighted by molar-refractivity contribution is 9.10. The lowest BCUT2D eigenvalue weighted by molar-refractivity contribution is 0.623. The standard InChI is InChI=1S/C16H17BrN6S/c1-21-15(13(17)11-18-21)22-7-9-23(10-8-22)16-19-14(20-24-16)12-5-3-2-4-6-12/h2-6,11H,7-10H2,1H3. The van der Waals surface area contributed by atoms with Crippen molar-refractivity contribution in [3.05, 3.63) is 41.0 Å². The SMILES string of the molecule is Cn1ncc(Br)c1N1CCN(c2nc(-c3ccccc3)ns2)CC1. The van der Waals surface area contributed by atoms with E-state index < -0.39 is 0 Å². The largest absolute Gasteiger partial charge is 0.352 e. The molecule has 0 amide bonds. The van der Waals surface area contributed by atoms with Crippen LogP contribution in [0.5, 0.6) is 0 Å². The average molecular weight is 405 g/mol. The zero-order valence-electron chi connectivity index (χ0n) is 13.3. The summed E-state index contributed by atoms with van der Waals surface area (Å²) in [5.41, 5.74) is 1.07. The van der Waals surface area contributed by atoms with Gasteiger partial charge in [-0.1, -0.05) is 30.3 Å². The number of rotatable bonds is 3. The quantitative estimate of drug-likeness (QED) is 0.671. The Morgan fingerprint density at radius 1 is 1.04 bits per heavy atom. The van der Waals surface area contributed by atoms with Gasteiger partial charge in [-0.25, -0.2) is 0 Å². The van der Waals surface area contributed by atoms with E-state index in [2.05, 4.69) is 35.2 Å². The molecule has 0 N–H and O–H groups in total. The van der Waals surface area contributed by atoms with Gasteiger partial charge in [-0.2, -0.15) is 14.5 Å². The van der Waals surface area contributed by atoms with Crippen LogP contribution in [0.25, 0.3) is 11.4 Å². The molecule has 1 fully saturated rings. The van der Waals surface area contributed by atoms with E-state index in [4.69, 9.17) is 4.98 Å². The first-order valence-corrected chi connectivity index (χ1v) is 9.35. The van der Waals surface area contributed by atoms with Crippen molar-refractivity contribution in [2.24, 2.45) is 7.05 Å². The number of hydrogen-bond acceptors (Lipinski definition) is 6. The molecule has 3 heterocycles. The molecule has 2 aromatic heterocycles. The maximum absolute atomic E-state index is 4.72. The van der Waals surface area contributed by atoms with Gasteiger partial charge in [0.05, 0.1) is 10.7 Å². The summed E-state index contributed by atoms with van der Waals surface area (Å²) in [5, 5.41) is 5.30. The molecule has 0 saturated carbocycles. The highest BCUT2D eigenvalue weighted by Gasteiger charge is 2.23. The monoisotopic (exact) mass is 404 g/mol. The number of aryl methyl sites for hydroxylation is 1. The molecule has 24 heavy (non-hydrogen) atoms. The van der Waals surface area contributed by atoms with Gasteiger partial charge < -0.3 is 9.80 Å². The molecule has 0 unspecified atom stereocenters. The fourth-order valence-electron chi connectivity index (χ4n) is 2.92. The van der Waals surface area contributed by atoms with Crippen molar-refractivity contribution >= 4 is 38.4 Å². The summed E-state index contributed by atoms with van der Waals surface area (Å²) in [4.78, 5) is 9.38. The Labute approximate surface area is 153 Å². The lowest BCUT2D eigenvalue weighted by Gasteiger charge is -2.35. The maximum atomic E-state index is 4.72. The minimum Gasteiger partial charge on any atom is -0.352 e. The Balaban J connectivity index is 1.46. The van der Waals surface area contributed by atoms with Gasteiger partial charge in [0.1, 0.15) is 5.82 Å². The van der Waals surface area contributed by atoms with Crippen molar-refractivity contribution in [1.82, 2.24) is 19.1 Å². The minimum atomic E-state index is 0.812. The van der Waals surface area contributed by atoms with E-state index in [1.54, 1.807) is 0 Å². The second-order valence-electron chi connectivity index (χ2n) is 5.68. The summed E-state index contributed by atoms with van der Waals surface area (Å²) >= 11 is 5.06. The van der Waals surface area contributed by atoms with Crippen LogP contribution in [-0.2, 0) is 7.05 Å². The molecular formula is C16H17BrN6S. The molecule has 0 spiro atoms. The van der Waals surface area contributed by atoms with Crippen LogP contribution in [0.15, 0.2) is 41.0 Å². The summed E-state index contributed by atoms with van der Waals surface area (Å²) in [6.07, 6.45) is 1.85. The van der Waals surface area contributed by atoms with E-state index >= 15 is 0 Å². The van der Waals surface area contributed by atoms with Gasteiger partial charge >= 0.3 is 0 Å². The van der Waals surface area contributed by atoms with E-state index in [1.165, 1.54) is 11.5 Å². The maximum Gasteiger partial charge on any atom is 0.205 e. The number of benzene rings is 1. The van der Waals surface area contributed by atoms with E-state index in [9.17, 15) is 0 Å². The Bertz CT molecular complexity index is 803. The summed E-state index contributed by atoms with van der Waals surface area (Å²) in [6, 6.07) is 10.1. The molecule has 0 atom stereocenters. The summed E-state index contributed by atoms with van der Waals surface area (Å²) in [6.45, 7) is 3.75. The topological polar surface area (TPSA) is 50.1 Å². The minimum absolute atomic E-state index is 0.812. The smallest absolute Gasteiger partial charge is 0.205 e. The van der Waals surface area contributed by atoms with Crippen LogP contribution >= 0.6 is 27.5 Å². The van der Waals surface area contributed by atoms with Gasteiger partial charge in [0.2, 0.25) is 5.13 Å². The van der Waals surface area contributed by atoms with Crippen molar-refractivity contribution in [2.45, 2.75) is 0 Å². The fourth-order valence-corrected chi connectivity index (χ4v) is 4.26. The molecule has 1 aliphatic rings. The zero-order chi connectivity index (χ0) is 16.5. The van der Waals surface area contributed by atoms with Crippen LogP contribution in [0.2, 0.25) is 0 Å². The van der Waals surface area contributed by atoms with Gasteiger partial charge in [-0.3, -0.25) is 4.68 Å². The highest BCUT2D eigenvalue weighted by atomic mass is 79.9. The normalized spacial score (nSPS) is 15.1. The van der Waals surface area contributed by atoms with Crippen molar-refractivity contribution in [2.75, 3.05) is 36.0 Å². The Hall–Kier alpha value is -1.93. The number of piperazine rings is 1. The second-order valence-corrected chi connectivity index (χ2v) is 7.27. The Morgan fingerprint density at radius 2 is 1.75 bits per heavy atom. The van der Waals surface area contributed by atoms with Gasteiger partial charge in [-0.15, -0.1) is 0 Å². The fraction of sp³-hybridized carbons (Fsp3) is 0.312. The van der Waals surface area contributed by atoms with Crippen molar-refractivity contribution in [1.29, 1.82) is 0 Å². The van der Waals surface area contributed by atoms with Crippen LogP contribution < -0.4 is 9.80 Å². The number of anilines is 2. The third-order valence-corrected chi connectivity index (χ3v) is 5.50. The molecule has 124 valence electrons. The molecule has 0 radical (unpaired) electrons. The summed E-state index contributed by atoms with van der Waals surface area (Å²) in [7, 11) is 1.98. The van der Waals surface area contributed by atoms with Gasteiger partial charge in [0.25, 0.3) is 0 Å². The third-order valence-electron chi connectivity index (χ3n) is 4.16. The van der Waals surface area contributed by atoms with Gasteiger partial charge in [0.15, 0.2) is 5.82 Å². The molecule has 0 aliphatic carbocycles. The molecule has 8 heteroatoms. The summed E-state index contributed by atoms with van der Waals surface area (Å²) < 4.78 is 7.47. The summed E-state index contributed by atoms with van der Waals surface area (Å²) in [5.74, 6) is 1.95. The predicted octanol–water partition coefficient (Wildman–Crippen LogP) is 3.03. The first kappa shape index (κ1) is 15.6. The van der Waals surface area contributed by atoms with Gasteiger partial charge in [-0.05, 0) is 15.9 Å². The lowest BCUT2D eigenvalue weighted by Crippen LogP contribution is -2.47.